The van der Waals surface area contributed by atoms with Crippen LogP contribution in [0.3, 0.4) is 0 Å². The molecule has 0 aromatic heterocycles. The Balaban J connectivity index is 0. The van der Waals surface area contributed by atoms with Gasteiger partial charge in [0.2, 0.25) is 0 Å². The van der Waals surface area contributed by atoms with E-state index in [1.165, 1.54) is 77.0 Å². The standard InChI is InChI=1S/C28H52N2O5.2Na/c1-25(2)15-13-11-9-7-5-3-4-6-8-10-12-14-16-26-29-19-21-30(26,20-17-27(31)32)22-24-35-23-18-28(33)34;;/h25H,3-24H2,1-2H3,(H-,31,32,33,34);;/q;2*+1/p-1. The third-order valence-electron chi connectivity index (χ3n) is 7.16. The fraction of sp³-hybridized carbons (Fsp3) is 0.893. The Morgan fingerprint density at radius 2 is 1.30 bits per heavy atom. The average molecular weight is 542 g/mol. The van der Waals surface area contributed by atoms with Crippen molar-refractivity contribution in [3.8, 4) is 0 Å². The van der Waals surface area contributed by atoms with Gasteiger partial charge in [0.15, 0.2) is 5.84 Å². The zero-order chi connectivity index (χ0) is 25.8. The van der Waals surface area contributed by atoms with Crippen LogP contribution in [-0.2, 0) is 14.3 Å². The maximum atomic E-state index is 11.1. The number of nitrogens with zero attached hydrogens (tertiary/aromatic N) is 2. The molecule has 0 fully saturated rings. The summed E-state index contributed by atoms with van der Waals surface area (Å²) in [6.45, 7) is 7.69. The summed E-state index contributed by atoms with van der Waals surface area (Å²) in [5.41, 5.74) is 0. The van der Waals surface area contributed by atoms with E-state index >= 15 is 0 Å². The molecule has 0 radical (unpaired) electrons. The van der Waals surface area contributed by atoms with Crippen molar-refractivity contribution >= 4 is 17.8 Å². The van der Waals surface area contributed by atoms with E-state index in [1.807, 2.05) is 0 Å². The van der Waals surface area contributed by atoms with Gasteiger partial charge in [0.05, 0.1) is 26.3 Å². The Bertz CT molecular complexity index is 619. The third kappa shape index (κ3) is 21.0. The number of carboxylic acids is 2. The van der Waals surface area contributed by atoms with Crippen LogP contribution in [0.25, 0.3) is 0 Å². The zero-order valence-corrected chi connectivity index (χ0v) is 28.6. The first kappa shape index (κ1) is 39.7. The van der Waals surface area contributed by atoms with E-state index in [2.05, 4.69) is 13.8 Å². The van der Waals surface area contributed by atoms with Gasteiger partial charge in [0.1, 0.15) is 13.1 Å². The molecule has 0 aromatic rings. The number of carboxylic acid groups (broad SMARTS) is 2. The summed E-state index contributed by atoms with van der Waals surface area (Å²) in [4.78, 5) is 26.4. The number of aliphatic carboxylic acids is 2. The van der Waals surface area contributed by atoms with E-state index in [4.69, 9.17) is 9.73 Å². The van der Waals surface area contributed by atoms with E-state index in [0.29, 0.717) is 30.7 Å². The molecule has 1 aliphatic heterocycles. The number of aliphatic imine (C=N–C) groups is 1. The molecule has 1 unspecified atom stereocenters. The van der Waals surface area contributed by atoms with E-state index in [0.717, 1.165) is 31.1 Å². The van der Waals surface area contributed by atoms with Crippen LogP contribution in [-0.4, -0.2) is 61.7 Å². The molecule has 37 heavy (non-hydrogen) atoms. The average Bonchev–Trinajstić information content (AvgIpc) is 3.20. The number of hydrogen-bond acceptors (Lipinski definition) is 6. The van der Waals surface area contributed by atoms with Gasteiger partial charge in [0.25, 0.3) is 0 Å². The molecule has 0 spiro atoms. The van der Waals surface area contributed by atoms with Crippen LogP contribution in [0.2, 0.25) is 0 Å². The monoisotopic (exact) mass is 541 g/mol. The predicted molar refractivity (Wildman–Crippen MR) is 137 cm³/mol. The Morgan fingerprint density at radius 1 is 0.784 bits per heavy atom. The fourth-order valence-electron chi connectivity index (χ4n) is 4.96. The first-order valence-electron chi connectivity index (χ1n) is 14.2. The molecule has 9 heteroatoms. The quantitative estimate of drug-likeness (QED) is 0.0773. The molecule has 0 bridgehead atoms. The number of carbonyl (C=O) groups is 2. The van der Waals surface area contributed by atoms with Gasteiger partial charge in [-0.3, -0.25) is 4.48 Å². The van der Waals surface area contributed by atoms with Crippen LogP contribution >= 0.6 is 0 Å². The molecule has 1 aliphatic rings. The largest absolute Gasteiger partial charge is 1.00 e. The smallest absolute Gasteiger partial charge is 0.550 e. The van der Waals surface area contributed by atoms with Crippen molar-refractivity contribution < 1.29 is 88.1 Å². The molecule has 1 rings (SSSR count). The van der Waals surface area contributed by atoms with Gasteiger partial charge in [-0.2, -0.15) is 0 Å². The summed E-state index contributed by atoms with van der Waals surface area (Å²) >= 11 is 0. The predicted octanol–water partition coefficient (Wildman–Crippen LogP) is -2.36. The molecule has 0 amide bonds. The molecular weight excluding hydrogens is 490 g/mol. The Hall–Kier alpha value is 0.530. The van der Waals surface area contributed by atoms with Crippen molar-refractivity contribution in [2.75, 3.05) is 39.4 Å². The molecule has 7 nitrogen and oxygen atoms in total. The van der Waals surface area contributed by atoms with Gasteiger partial charge in [-0.15, -0.1) is 0 Å². The van der Waals surface area contributed by atoms with Crippen LogP contribution in [0.1, 0.15) is 117 Å². The maximum Gasteiger partial charge on any atom is 1.00 e. The van der Waals surface area contributed by atoms with E-state index in [1.54, 1.807) is 0 Å². The normalized spacial score (nSPS) is 16.8. The molecule has 1 atom stereocenters. The maximum absolute atomic E-state index is 11.1. The first-order valence-corrected chi connectivity index (χ1v) is 14.2. The van der Waals surface area contributed by atoms with Crippen LogP contribution in [0, 0.1) is 5.92 Å². The Morgan fingerprint density at radius 3 is 1.81 bits per heavy atom. The van der Waals surface area contributed by atoms with Gasteiger partial charge in [-0.05, 0) is 12.3 Å². The fourth-order valence-corrected chi connectivity index (χ4v) is 4.96. The second kappa shape index (κ2) is 25.5. The number of carbonyl (C=O) groups excluding carboxylic acids is 2. The van der Waals surface area contributed by atoms with Gasteiger partial charge in [-0.1, -0.05) is 90.9 Å². The topological polar surface area (TPSA) is 102 Å². The van der Waals surface area contributed by atoms with E-state index < -0.39 is 11.9 Å². The number of amidine groups is 1. The van der Waals surface area contributed by atoms with E-state index in [9.17, 15) is 19.8 Å². The molecule has 1 heterocycles. The number of unbranched alkanes of at least 4 members (excludes halogenated alkanes) is 11. The van der Waals surface area contributed by atoms with Gasteiger partial charge >= 0.3 is 59.1 Å². The second-order valence-electron chi connectivity index (χ2n) is 10.6. The molecule has 0 saturated heterocycles. The van der Waals surface area contributed by atoms with Crippen LogP contribution < -0.4 is 69.3 Å². The zero-order valence-electron chi connectivity index (χ0n) is 24.6. The number of hydrogen-bond donors (Lipinski definition) is 0. The van der Waals surface area contributed by atoms with Crippen LogP contribution in [0.4, 0.5) is 0 Å². The van der Waals surface area contributed by atoms with Crippen molar-refractivity contribution in [3.63, 3.8) is 0 Å². The minimum absolute atomic E-state index is 0. The Kier molecular flexibility index (Phi) is 27.3. The molecule has 0 aliphatic carbocycles. The summed E-state index contributed by atoms with van der Waals surface area (Å²) in [5, 5.41) is 21.6. The van der Waals surface area contributed by atoms with Gasteiger partial charge in [-0.25, -0.2) is 4.99 Å². The van der Waals surface area contributed by atoms with Gasteiger partial charge < -0.3 is 24.5 Å². The van der Waals surface area contributed by atoms with E-state index in [-0.39, 0.29) is 78.6 Å². The van der Waals surface area contributed by atoms with Crippen molar-refractivity contribution in [1.82, 2.24) is 0 Å². The van der Waals surface area contributed by atoms with Crippen molar-refractivity contribution in [1.29, 1.82) is 0 Å². The molecule has 0 saturated carbocycles. The molecular formula is C28H51N2Na2O5+. The van der Waals surface area contributed by atoms with Crippen LogP contribution in [0.5, 0.6) is 0 Å². The molecule has 0 N–H and O–H groups in total. The second-order valence-corrected chi connectivity index (χ2v) is 10.6. The summed E-state index contributed by atoms with van der Waals surface area (Å²) in [5.74, 6) is -0.255. The number of rotatable bonds is 24. The first-order chi connectivity index (χ1) is 16.9. The molecule has 204 valence electrons. The summed E-state index contributed by atoms with van der Waals surface area (Å²) in [7, 11) is 0. The number of ether oxygens (including phenoxy) is 1. The van der Waals surface area contributed by atoms with Crippen molar-refractivity contribution in [2.24, 2.45) is 10.9 Å². The minimum atomic E-state index is -1.12. The van der Waals surface area contributed by atoms with Gasteiger partial charge in [0, 0.05) is 31.2 Å². The third-order valence-corrected chi connectivity index (χ3v) is 7.16. The minimum Gasteiger partial charge on any atom is -0.550 e. The van der Waals surface area contributed by atoms with Crippen LogP contribution in [0.15, 0.2) is 4.99 Å². The summed E-state index contributed by atoms with van der Waals surface area (Å²) in [6, 6.07) is 0. The Labute approximate surface area is 270 Å². The molecule has 0 aromatic carbocycles. The SMILES string of the molecule is CC(C)CCCCCCCCCCCCCCC1=NCC[N+]1(CCOCCC(=O)[O-])CCC(=O)[O-].[Na+].[Na+]. The summed E-state index contributed by atoms with van der Waals surface area (Å²) < 4.78 is 6.00. The van der Waals surface area contributed by atoms with Crippen molar-refractivity contribution in [2.45, 2.75) is 117 Å². The van der Waals surface area contributed by atoms with Crippen molar-refractivity contribution in [3.05, 3.63) is 0 Å². The number of quaternary nitrogens is 1. The summed E-state index contributed by atoms with van der Waals surface area (Å²) in [6.07, 6.45) is 17.9.